The molecule has 1 aromatic rings. The average Bonchev–Trinajstić information content (AvgIpc) is 2.50. The molecule has 0 radical (unpaired) electrons. The molecule has 1 amide bonds. The zero-order chi connectivity index (χ0) is 15.8. The summed E-state index contributed by atoms with van der Waals surface area (Å²) in [7, 11) is 0. The zero-order valence-electron chi connectivity index (χ0n) is 13.7. The van der Waals surface area contributed by atoms with E-state index >= 15 is 0 Å². The van der Waals surface area contributed by atoms with Crippen LogP contribution in [0.2, 0.25) is 0 Å². The highest BCUT2D eigenvalue weighted by atomic mass is 16.2. The quantitative estimate of drug-likeness (QED) is 0.771. The monoisotopic (exact) mass is 291 g/mol. The second-order valence-electron chi connectivity index (χ2n) is 5.72. The van der Waals surface area contributed by atoms with E-state index in [2.05, 4.69) is 36.2 Å². The molecule has 0 aliphatic carbocycles. The number of hydrogen-bond donors (Lipinski definition) is 2. The lowest BCUT2D eigenvalue weighted by molar-refractivity contribution is -0.123. The van der Waals surface area contributed by atoms with Crippen molar-refractivity contribution in [1.29, 1.82) is 0 Å². The first-order valence-corrected chi connectivity index (χ1v) is 7.82. The Morgan fingerprint density at radius 3 is 2.29 bits per heavy atom. The highest BCUT2D eigenvalue weighted by Crippen LogP contribution is 2.12. The molecule has 0 aliphatic rings. The van der Waals surface area contributed by atoms with Gasteiger partial charge in [-0.05, 0) is 30.1 Å². The molecule has 0 saturated heterocycles. The van der Waals surface area contributed by atoms with Gasteiger partial charge in [0, 0.05) is 13.1 Å². The highest BCUT2D eigenvalue weighted by Gasteiger charge is 2.17. The predicted octanol–water partition coefficient (Wildman–Crippen LogP) is 2.13. The SMILES string of the molecule is CCN(CC)Cc1ccccc1CNC(=O)C(N)C(C)C. The van der Waals surface area contributed by atoms with Crippen LogP contribution in [0.5, 0.6) is 0 Å². The maximum atomic E-state index is 12.0. The van der Waals surface area contributed by atoms with Gasteiger partial charge in [-0.2, -0.15) is 0 Å². The van der Waals surface area contributed by atoms with Crippen molar-refractivity contribution in [2.45, 2.75) is 46.8 Å². The van der Waals surface area contributed by atoms with E-state index in [0.717, 1.165) is 25.2 Å². The van der Waals surface area contributed by atoms with Crippen molar-refractivity contribution >= 4 is 5.91 Å². The first kappa shape index (κ1) is 17.7. The van der Waals surface area contributed by atoms with Gasteiger partial charge in [0.15, 0.2) is 0 Å². The van der Waals surface area contributed by atoms with Crippen molar-refractivity contribution in [3.8, 4) is 0 Å². The molecular formula is C17H29N3O. The minimum atomic E-state index is -0.444. The number of carbonyl (C=O) groups is 1. The highest BCUT2D eigenvalue weighted by molar-refractivity contribution is 5.81. The van der Waals surface area contributed by atoms with E-state index in [1.54, 1.807) is 0 Å². The number of nitrogens with one attached hydrogen (secondary N) is 1. The molecule has 0 aliphatic heterocycles. The first-order valence-electron chi connectivity index (χ1n) is 7.82. The lowest BCUT2D eigenvalue weighted by Gasteiger charge is -2.21. The molecule has 0 bridgehead atoms. The fourth-order valence-electron chi connectivity index (χ4n) is 2.18. The molecule has 1 unspecified atom stereocenters. The van der Waals surface area contributed by atoms with Crippen LogP contribution < -0.4 is 11.1 Å². The van der Waals surface area contributed by atoms with Gasteiger partial charge in [-0.1, -0.05) is 52.0 Å². The summed E-state index contributed by atoms with van der Waals surface area (Å²) in [5.41, 5.74) is 8.29. The minimum Gasteiger partial charge on any atom is -0.351 e. The van der Waals surface area contributed by atoms with Crippen molar-refractivity contribution in [2.75, 3.05) is 13.1 Å². The van der Waals surface area contributed by atoms with Crippen LogP contribution in [0.4, 0.5) is 0 Å². The number of rotatable bonds is 8. The lowest BCUT2D eigenvalue weighted by atomic mass is 10.0. The van der Waals surface area contributed by atoms with E-state index in [0.29, 0.717) is 6.54 Å². The van der Waals surface area contributed by atoms with Crippen molar-refractivity contribution in [1.82, 2.24) is 10.2 Å². The molecule has 0 saturated carbocycles. The normalized spacial score (nSPS) is 12.7. The second kappa shape index (κ2) is 8.80. The number of nitrogens with zero attached hydrogens (tertiary/aromatic N) is 1. The van der Waals surface area contributed by atoms with Gasteiger partial charge in [0.25, 0.3) is 0 Å². The summed E-state index contributed by atoms with van der Waals surface area (Å²) < 4.78 is 0. The molecule has 0 spiro atoms. The smallest absolute Gasteiger partial charge is 0.237 e. The van der Waals surface area contributed by atoms with Gasteiger partial charge >= 0.3 is 0 Å². The van der Waals surface area contributed by atoms with Gasteiger partial charge in [-0.15, -0.1) is 0 Å². The van der Waals surface area contributed by atoms with Crippen molar-refractivity contribution in [3.05, 3.63) is 35.4 Å². The molecule has 0 aromatic heterocycles. The van der Waals surface area contributed by atoms with E-state index in [1.165, 1.54) is 5.56 Å². The maximum absolute atomic E-state index is 12.0. The van der Waals surface area contributed by atoms with Crippen LogP contribution in [0, 0.1) is 5.92 Å². The Morgan fingerprint density at radius 1 is 1.19 bits per heavy atom. The third kappa shape index (κ3) is 5.48. The Hall–Kier alpha value is -1.39. The summed E-state index contributed by atoms with van der Waals surface area (Å²) in [5, 5.41) is 2.95. The zero-order valence-corrected chi connectivity index (χ0v) is 13.7. The average molecular weight is 291 g/mol. The van der Waals surface area contributed by atoms with Crippen LogP contribution in [0.1, 0.15) is 38.8 Å². The summed E-state index contributed by atoms with van der Waals surface area (Å²) in [5.74, 6) is 0.0681. The summed E-state index contributed by atoms with van der Waals surface area (Å²) >= 11 is 0. The molecule has 1 rings (SSSR count). The molecule has 118 valence electrons. The number of amides is 1. The summed E-state index contributed by atoms with van der Waals surface area (Å²) in [6, 6.07) is 7.81. The van der Waals surface area contributed by atoms with Gasteiger partial charge in [0.05, 0.1) is 6.04 Å². The molecule has 1 aromatic carbocycles. The topological polar surface area (TPSA) is 58.4 Å². The van der Waals surface area contributed by atoms with Crippen LogP contribution in [0.3, 0.4) is 0 Å². The summed E-state index contributed by atoms with van der Waals surface area (Å²) in [4.78, 5) is 14.3. The number of carbonyl (C=O) groups excluding carboxylic acids is 1. The number of nitrogens with two attached hydrogens (primary N) is 1. The van der Waals surface area contributed by atoms with Gasteiger partial charge < -0.3 is 11.1 Å². The summed E-state index contributed by atoms with van der Waals surface area (Å²) in [6.45, 7) is 11.7. The van der Waals surface area contributed by atoms with Gasteiger partial charge in [0.1, 0.15) is 0 Å². The third-order valence-corrected chi connectivity index (χ3v) is 3.88. The van der Waals surface area contributed by atoms with Crippen LogP contribution in [0.15, 0.2) is 24.3 Å². The second-order valence-corrected chi connectivity index (χ2v) is 5.72. The van der Waals surface area contributed by atoms with E-state index in [9.17, 15) is 4.79 Å². The fraction of sp³-hybridized carbons (Fsp3) is 0.588. The Balaban J connectivity index is 2.69. The molecule has 0 fully saturated rings. The Kier molecular flexibility index (Phi) is 7.40. The van der Waals surface area contributed by atoms with Crippen LogP contribution in [0.25, 0.3) is 0 Å². The Morgan fingerprint density at radius 2 is 1.76 bits per heavy atom. The standard InChI is InChI=1S/C17H29N3O/c1-5-20(6-2)12-15-10-8-7-9-14(15)11-19-17(21)16(18)13(3)4/h7-10,13,16H,5-6,11-12,18H2,1-4H3,(H,19,21). The Bertz CT molecular complexity index is 441. The minimum absolute atomic E-state index is 0.0809. The van der Waals surface area contributed by atoms with Gasteiger partial charge in [-0.3, -0.25) is 9.69 Å². The first-order chi connectivity index (χ1) is 9.99. The van der Waals surface area contributed by atoms with E-state index < -0.39 is 6.04 Å². The van der Waals surface area contributed by atoms with Crippen molar-refractivity contribution in [2.24, 2.45) is 11.7 Å². The van der Waals surface area contributed by atoms with Crippen molar-refractivity contribution in [3.63, 3.8) is 0 Å². The van der Waals surface area contributed by atoms with Crippen LogP contribution in [-0.2, 0) is 17.9 Å². The van der Waals surface area contributed by atoms with E-state index in [-0.39, 0.29) is 11.8 Å². The van der Waals surface area contributed by atoms with E-state index in [4.69, 9.17) is 5.73 Å². The lowest BCUT2D eigenvalue weighted by Crippen LogP contribution is -2.43. The largest absolute Gasteiger partial charge is 0.351 e. The van der Waals surface area contributed by atoms with Gasteiger partial charge in [0.2, 0.25) is 5.91 Å². The maximum Gasteiger partial charge on any atom is 0.237 e. The summed E-state index contributed by atoms with van der Waals surface area (Å²) in [6.07, 6.45) is 0. The third-order valence-electron chi connectivity index (χ3n) is 3.88. The molecule has 21 heavy (non-hydrogen) atoms. The number of benzene rings is 1. The van der Waals surface area contributed by atoms with Crippen molar-refractivity contribution < 1.29 is 4.79 Å². The predicted molar refractivity (Wildman–Crippen MR) is 87.7 cm³/mol. The molecular weight excluding hydrogens is 262 g/mol. The van der Waals surface area contributed by atoms with E-state index in [1.807, 2.05) is 26.0 Å². The fourth-order valence-corrected chi connectivity index (χ4v) is 2.18. The molecule has 4 nitrogen and oxygen atoms in total. The van der Waals surface area contributed by atoms with Crippen LogP contribution in [-0.4, -0.2) is 29.9 Å². The molecule has 1 atom stereocenters. The molecule has 4 heteroatoms. The van der Waals surface area contributed by atoms with Gasteiger partial charge in [-0.25, -0.2) is 0 Å². The molecule has 3 N–H and O–H groups in total. The number of hydrogen-bond acceptors (Lipinski definition) is 3. The molecule has 0 heterocycles. The Labute approximate surface area is 128 Å². The van der Waals surface area contributed by atoms with Crippen LogP contribution >= 0.6 is 0 Å².